The Bertz CT molecular complexity index is 1810. The topological polar surface area (TPSA) is 122 Å². The molecule has 2 atom stereocenters. The number of carbonyl (C=O) groups is 3. The highest BCUT2D eigenvalue weighted by atomic mass is 19.4. The van der Waals surface area contributed by atoms with Crippen molar-refractivity contribution < 1.29 is 27.6 Å². The fourth-order valence-corrected chi connectivity index (χ4v) is 6.01. The summed E-state index contributed by atoms with van der Waals surface area (Å²) in [4.78, 5) is 52.8. The zero-order valence-corrected chi connectivity index (χ0v) is 24.6. The van der Waals surface area contributed by atoms with Crippen LogP contribution in [0.25, 0.3) is 10.9 Å². The molecular weight excluding hydrogens is 585 g/mol. The lowest BCUT2D eigenvalue weighted by Crippen LogP contribution is -2.63. The molecular formula is C33H31F3N6O3. The Morgan fingerprint density at radius 2 is 1.76 bits per heavy atom. The second-order valence-electron chi connectivity index (χ2n) is 11.6. The summed E-state index contributed by atoms with van der Waals surface area (Å²) in [6.45, 7) is 1.01. The number of nitrogens with zero attached hydrogens (tertiary/aromatic N) is 4. The molecule has 1 aliphatic heterocycles. The summed E-state index contributed by atoms with van der Waals surface area (Å²) in [6, 6.07) is 13.3. The molecule has 3 amide bonds. The van der Waals surface area contributed by atoms with Gasteiger partial charge in [-0.15, -0.1) is 0 Å². The van der Waals surface area contributed by atoms with Gasteiger partial charge in [-0.25, -0.2) is 0 Å². The van der Waals surface area contributed by atoms with Crippen molar-refractivity contribution in [3.8, 4) is 0 Å². The van der Waals surface area contributed by atoms with Gasteiger partial charge in [0.15, 0.2) is 0 Å². The molecule has 2 aliphatic rings. The second-order valence-corrected chi connectivity index (χ2v) is 11.6. The fraction of sp³-hybridized carbons (Fsp3) is 0.303. The van der Waals surface area contributed by atoms with Crippen LogP contribution in [0.3, 0.4) is 0 Å². The molecule has 0 radical (unpaired) electrons. The van der Waals surface area contributed by atoms with E-state index in [1.807, 2.05) is 24.3 Å². The van der Waals surface area contributed by atoms with Crippen molar-refractivity contribution in [3.63, 3.8) is 0 Å². The van der Waals surface area contributed by atoms with Crippen molar-refractivity contribution in [1.29, 1.82) is 0 Å². The van der Waals surface area contributed by atoms with Crippen molar-refractivity contribution in [2.24, 2.45) is 11.7 Å². The van der Waals surface area contributed by atoms with Gasteiger partial charge >= 0.3 is 6.18 Å². The van der Waals surface area contributed by atoms with Gasteiger partial charge in [0, 0.05) is 36.1 Å². The van der Waals surface area contributed by atoms with Gasteiger partial charge in [0.25, 0.3) is 5.91 Å². The van der Waals surface area contributed by atoms with E-state index in [4.69, 9.17) is 5.73 Å². The fourth-order valence-electron chi connectivity index (χ4n) is 6.01. The Kier molecular flexibility index (Phi) is 7.56. The van der Waals surface area contributed by atoms with E-state index >= 15 is 0 Å². The van der Waals surface area contributed by atoms with E-state index in [2.05, 4.69) is 15.3 Å². The standard InChI is InChI=1S/C33H31F3N6O3/c1-32(38-2,31(37)45)25-18-42(29(43)20-11-13-39-14-12-20)28-15-21(33(34,35)36)9-10-27(28)41(30(25)44)17-24-22-5-3-4-6-26(22)40-16-23(24)19-7-8-19/h3-6,9-16,19,25,38H,7-8,17-18H2,1-2H3,(H2,37,45)/t25-,32?/m1/s1. The van der Waals surface area contributed by atoms with Gasteiger partial charge in [-0.2, -0.15) is 13.2 Å². The molecule has 9 nitrogen and oxygen atoms in total. The summed E-state index contributed by atoms with van der Waals surface area (Å²) in [7, 11) is 1.47. The van der Waals surface area contributed by atoms with Gasteiger partial charge in [-0.1, -0.05) is 18.2 Å². The van der Waals surface area contributed by atoms with E-state index in [1.165, 1.54) is 49.5 Å². The first-order chi connectivity index (χ1) is 21.4. The average Bonchev–Trinajstić information content (AvgIpc) is 3.89. The summed E-state index contributed by atoms with van der Waals surface area (Å²) in [6.07, 6.45) is 1.74. The normalized spacial score (nSPS) is 18.3. The minimum atomic E-state index is -4.73. The summed E-state index contributed by atoms with van der Waals surface area (Å²) < 4.78 is 42.3. The van der Waals surface area contributed by atoms with Gasteiger partial charge in [0.2, 0.25) is 11.8 Å². The maximum absolute atomic E-state index is 14.7. The predicted molar refractivity (Wildman–Crippen MR) is 162 cm³/mol. The van der Waals surface area contributed by atoms with Crippen LogP contribution in [0, 0.1) is 5.92 Å². The van der Waals surface area contributed by atoms with Crippen LogP contribution in [0.15, 0.2) is 73.2 Å². The maximum Gasteiger partial charge on any atom is 0.416 e. The maximum atomic E-state index is 14.7. The largest absolute Gasteiger partial charge is 0.416 e. The van der Waals surface area contributed by atoms with Crippen LogP contribution in [0.1, 0.15) is 52.7 Å². The van der Waals surface area contributed by atoms with Crippen LogP contribution in [0.5, 0.6) is 0 Å². The van der Waals surface area contributed by atoms with E-state index in [9.17, 15) is 27.6 Å². The van der Waals surface area contributed by atoms with E-state index in [0.717, 1.165) is 46.4 Å². The number of rotatable bonds is 7. The quantitative estimate of drug-likeness (QED) is 0.308. The number of hydrogen-bond acceptors (Lipinski definition) is 6. The van der Waals surface area contributed by atoms with Crippen molar-refractivity contribution in [2.75, 3.05) is 23.4 Å². The minimum absolute atomic E-state index is 0.0294. The zero-order valence-electron chi connectivity index (χ0n) is 24.6. The first-order valence-corrected chi connectivity index (χ1v) is 14.5. The molecule has 3 heterocycles. The SMILES string of the molecule is CNC(C)(C(N)=O)[C@@H]1CN(C(=O)c2ccncc2)c2cc(C(F)(F)F)ccc2N(Cc2c(C3CC3)cnc3ccccc23)C1=O. The number of para-hydroxylation sites is 1. The molecule has 1 unspecified atom stereocenters. The van der Waals surface area contributed by atoms with Crippen LogP contribution in [0.4, 0.5) is 24.5 Å². The first-order valence-electron chi connectivity index (χ1n) is 14.5. The number of nitrogens with one attached hydrogen (secondary N) is 1. The zero-order chi connectivity index (χ0) is 32.1. The highest BCUT2D eigenvalue weighted by Crippen LogP contribution is 2.46. The van der Waals surface area contributed by atoms with Gasteiger partial charge in [0.1, 0.15) is 5.54 Å². The lowest BCUT2D eigenvalue weighted by Gasteiger charge is -2.36. The number of aromatic nitrogens is 2. The second kappa shape index (κ2) is 11.3. The van der Waals surface area contributed by atoms with E-state index in [1.54, 1.807) is 6.20 Å². The Balaban J connectivity index is 1.60. The monoisotopic (exact) mass is 616 g/mol. The number of alkyl halides is 3. The van der Waals surface area contributed by atoms with Crippen molar-refractivity contribution in [3.05, 3.63) is 95.4 Å². The van der Waals surface area contributed by atoms with E-state index in [0.29, 0.717) is 5.52 Å². The molecule has 2 aromatic heterocycles. The lowest BCUT2D eigenvalue weighted by molar-refractivity contribution is -0.137. The molecule has 1 saturated carbocycles. The molecule has 12 heteroatoms. The Morgan fingerprint density at radius 3 is 2.40 bits per heavy atom. The number of nitrogens with two attached hydrogens (primary N) is 1. The number of carbonyl (C=O) groups excluding carboxylic acids is 3. The third-order valence-corrected chi connectivity index (χ3v) is 8.97. The number of likely N-dealkylation sites (N-methyl/N-ethyl adjacent to an activating group) is 1. The number of hydrogen-bond donors (Lipinski definition) is 2. The number of benzene rings is 2. The molecule has 232 valence electrons. The molecule has 0 saturated heterocycles. The number of pyridine rings is 2. The van der Waals surface area contributed by atoms with E-state index in [-0.39, 0.29) is 29.4 Å². The average molecular weight is 617 g/mol. The molecule has 45 heavy (non-hydrogen) atoms. The van der Waals surface area contributed by atoms with Crippen LogP contribution in [-0.2, 0) is 22.3 Å². The lowest BCUT2D eigenvalue weighted by atomic mass is 9.83. The number of halogens is 3. The molecule has 6 rings (SSSR count). The number of amides is 3. The number of fused-ring (bicyclic) bond motifs is 2. The highest BCUT2D eigenvalue weighted by molar-refractivity contribution is 6.13. The molecule has 2 aromatic carbocycles. The predicted octanol–water partition coefficient (Wildman–Crippen LogP) is 4.80. The van der Waals surface area contributed by atoms with Gasteiger partial charge in [-0.05, 0) is 80.3 Å². The molecule has 1 fully saturated rings. The Hall–Kier alpha value is -4.84. The number of primary amides is 1. The van der Waals surface area contributed by atoms with E-state index < -0.39 is 47.5 Å². The summed E-state index contributed by atoms with van der Waals surface area (Å²) >= 11 is 0. The molecule has 4 aromatic rings. The van der Waals surface area contributed by atoms with Gasteiger partial charge < -0.3 is 20.9 Å². The van der Waals surface area contributed by atoms with Crippen molar-refractivity contribution in [2.45, 2.75) is 43.9 Å². The first kappa shape index (κ1) is 30.2. The smallest absolute Gasteiger partial charge is 0.368 e. The number of anilines is 2. The highest BCUT2D eigenvalue weighted by Gasteiger charge is 2.49. The minimum Gasteiger partial charge on any atom is -0.368 e. The molecule has 1 aliphatic carbocycles. The summed E-state index contributed by atoms with van der Waals surface area (Å²) in [5.74, 6) is -3.12. The van der Waals surface area contributed by atoms with Crippen molar-refractivity contribution in [1.82, 2.24) is 15.3 Å². The molecule has 0 bridgehead atoms. The molecule has 3 N–H and O–H groups in total. The van der Waals surface area contributed by atoms with Crippen LogP contribution in [0.2, 0.25) is 0 Å². The van der Waals surface area contributed by atoms with Gasteiger partial charge in [0.05, 0.1) is 34.9 Å². The van der Waals surface area contributed by atoms with Crippen LogP contribution in [-0.4, -0.2) is 46.8 Å². The summed E-state index contributed by atoms with van der Waals surface area (Å²) in [5, 5.41) is 3.67. The molecule has 0 spiro atoms. The van der Waals surface area contributed by atoms with Crippen molar-refractivity contribution >= 4 is 40.0 Å². The van der Waals surface area contributed by atoms with Gasteiger partial charge in [-0.3, -0.25) is 24.4 Å². The Labute approximate surface area is 257 Å². The van der Waals surface area contributed by atoms with Crippen LogP contribution < -0.4 is 20.9 Å². The third kappa shape index (κ3) is 5.39. The Morgan fingerprint density at radius 1 is 1.04 bits per heavy atom. The summed E-state index contributed by atoms with van der Waals surface area (Å²) in [5.41, 5.74) is 5.79. The third-order valence-electron chi connectivity index (χ3n) is 8.97. The van der Waals surface area contributed by atoms with Crippen LogP contribution >= 0.6 is 0 Å².